The van der Waals surface area contributed by atoms with Crippen LogP contribution in [0.15, 0.2) is 34.9 Å². The number of hydrogen-bond acceptors (Lipinski definition) is 5. The maximum atomic E-state index is 12.3. The molecule has 0 saturated carbocycles. The molecule has 0 radical (unpaired) electrons. The Kier molecular flexibility index (Phi) is 3.15. The number of aryl methyl sites for hydroxylation is 1. The van der Waals surface area contributed by atoms with Crippen molar-refractivity contribution in [2.24, 2.45) is 0 Å². The predicted molar refractivity (Wildman–Crippen MR) is 77.6 cm³/mol. The van der Waals surface area contributed by atoms with Gasteiger partial charge in [-0.2, -0.15) is 0 Å². The molecule has 0 aliphatic carbocycles. The lowest BCUT2D eigenvalue weighted by molar-refractivity contribution is 0.102. The van der Waals surface area contributed by atoms with E-state index in [2.05, 4.69) is 10.5 Å². The van der Waals surface area contributed by atoms with Crippen LogP contribution in [0.2, 0.25) is 0 Å². The summed E-state index contributed by atoms with van der Waals surface area (Å²) in [7, 11) is 1.56. The third-order valence-electron chi connectivity index (χ3n) is 2.83. The fourth-order valence-corrected chi connectivity index (χ4v) is 3.04. The molecule has 0 aliphatic rings. The van der Waals surface area contributed by atoms with Gasteiger partial charge < -0.3 is 14.6 Å². The second-order valence-corrected chi connectivity index (χ2v) is 5.29. The van der Waals surface area contributed by atoms with Crippen LogP contribution in [-0.4, -0.2) is 18.2 Å². The molecule has 0 spiro atoms. The van der Waals surface area contributed by atoms with E-state index in [1.807, 2.05) is 24.3 Å². The molecule has 2 heterocycles. The highest BCUT2D eigenvalue weighted by Crippen LogP contribution is 2.37. The van der Waals surface area contributed by atoms with Crippen LogP contribution < -0.4 is 10.1 Å². The van der Waals surface area contributed by atoms with Crippen molar-refractivity contribution >= 4 is 33.1 Å². The van der Waals surface area contributed by atoms with Gasteiger partial charge in [0, 0.05) is 16.2 Å². The summed E-state index contributed by atoms with van der Waals surface area (Å²) in [5, 5.41) is 7.38. The number of hydrogen-bond donors (Lipinski definition) is 1. The van der Waals surface area contributed by atoms with E-state index in [1.165, 1.54) is 11.3 Å². The third kappa shape index (κ3) is 2.14. The van der Waals surface area contributed by atoms with E-state index in [9.17, 15) is 4.79 Å². The first-order chi connectivity index (χ1) is 9.69. The van der Waals surface area contributed by atoms with Gasteiger partial charge >= 0.3 is 0 Å². The third-order valence-corrected chi connectivity index (χ3v) is 3.98. The monoisotopic (exact) mass is 288 g/mol. The van der Waals surface area contributed by atoms with Gasteiger partial charge in [-0.15, -0.1) is 11.3 Å². The molecule has 5 nitrogen and oxygen atoms in total. The number of benzene rings is 1. The number of aromatic nitrogens is 1. The van der Waals surface area contributed by atoms with E-state index in [4.69, 9.17) is 9.26 Å². The second kappa shape index (κ2) is 4.97. The minimum absolute atomic E-state index is 0.253. The van der Waals surface area contributed by atoms with Gasteiger partial charge in [-0.3, -0.25) is 4.79 Å². The fourth-order valence-electron chi connectivity index (χ4n) is 1.97. The SMILES string of the molecule is COc1c(C(=O)Nc2cc(C)on2)sc2ccccc12. The lowest BCUT2D eigenvalue weighted by atomic mass is 10.2. The number of methoxy groups -OCH3 is 1. The quantitative estimate of drug-likeness (QED) is 0.801. The maximum absolute atomic E-state index is 12.3. The number of thiophene rings is 1. The Morgan fingerprint density at radius 2 is 2.20 bits per heavy atom. The van der Waals surface area contributed by atoms with E-state index in [-0.39, 0.29) is 5.91 Å². The Balaban J connectivity index is 1.98. The summed E-state index contributed by atoms with van der Waals surface area (Å²) in [5.74, 6) is 1.37. The average Bonchev–Trinajstić information content (AvgIpc) is 3.01. The average molecular weight is 288 g/mol. The molecule has 0 fully saturated rings. The molecular weight excluding hydrogens is 276 g/mol. The van der Waals surface area contributed by atoms with Gasteiger partial charge in [-0.25, -0.2) is 0 Å². The highest BCUT2D eigenvalue weighted by molar-refractivity contribution is 7.21. The zero-order valence-corrected chi connectivity index (χ0v) is 11.8. The van der Waals surface area contributed by atoms with Crippen LogP contribution in [0.1, 0.15) is 15.4 Å². The lowest BCUT2D eigenvalue weighted by Crippen LogP contribution is -2.11. The van der Waals surface area contributed by atoms with Gasteiger partial charge in [-0.05, 0) is 19.1 Å². The Hall–Kier alpha value is -2.34. The molecule has 1 amide bonds. The second-order valence-electron chi connectivity index (χ2n) is 4.24. The van der Waals surface area contributed by atoms with Crippen LogP contribution in [0.4, 0.5) is 5.82 Å². The maximum Gasteiger partial charge on any atom is 0.270 e. The molecule has 1 N–H and O–H groups in total. The van der Waals surface area contributed by atoms with E-state index in [1.54, 1.807) is 20.1 Å². The minimum atomic E-state index is -0.253. The topological polar surface area (TPSA) is 64.4 Å². The first-order valence-corrected chi connectivity index (χ1v) is 6.81. The number of nitrogens with zero attached hydrogens (tertiary/aromatic N) is 1. The van der Waals surface area contributed by atoms with E-state index < -0.39 is 0 Å². The van der Waals surface area contributed by atoms with Gasteiger partial charge in [0.1, 0.15) is 16.4 Å². The zero-order chi connectivity index (χ0) is 14.1. The summed E-state index contributed by atoms with van der Waals surface area (Å²) >= 11 is 1.39. The standard InChI is InChI=1S/C14H12N2O3S/c1-8-7-11(16-19-8)15-14(17)13-12(18-2)9-5-3-4-6-10(9)20-13/h3-7H,1-2H3,(H,15,16,17). The van der Waals surface area contributed by atoms with Crippen molar-refractivity contribution in [1.82, 2.24) is 5.16 Å². The van der Waals surface area contributed by atoms with Crippen LogP contribution >= 0.6 is 11.3 Å². The predicted octanol–water partition coefficient (Wildman–Crippen LogP) is 3.46. The number of amides is 1. The highest BCUT2D eigenvalue weighted by atomic mass is 32.1. The molecule has 0 atom stereocenters. The largest absolute Gasteiger partial charge is 0.494 e. The summed E-state index contributed by atoms with van der Waals surface area (Å²) < 4.78 is 11.3. The number of ether oxygens (including phenoxy) is 1. The zero-order valence-electron chi connectivity index (χ0n) is 11.0. The molecule has 0 unspecified atom stereocenters. The molecule has 102 valence electrons. The summed E-state index contributed by atoms with van der Waals surface area (Å²) in [6.45, 7) is 1.77. The molecule has 6 heteroatoms. The molecule has 2 aromatic heterocycles. The minimum Gasteiger partial charge on any atom is -0.494 e. The molecule has 3 aromatic rings. The first-order valence-electron chi connectivity index (χ1n) is 5.99. The van der Waals surface area contributed by atoms with Gasteiger partial charge in [0.05, 0.1) is 7.11 Å². The Bertz CT molecular complexity index is 776. The Labute approximate surface area is 119 Å². The van der Waals surface area contributed by atoms with Gasteiger partial charge in [0.25, 0.3) is 5.91 Å². The van der Waals surface area contributed by atoms with Crippen molar-refractivity contribution in [2.75, 3.05) is 12.4 Å². The van der Waals surface area contributed by atoms with E-state index >= 15 is 0 Å². The summed E-state index contributed by atoms with van der Waals surface area (Å²) in [6.07, 6.45) is 0. The van der Waals surface area contributed by atoms with Crippen LogP contribution in [0, 0.1) is 6.92 Å². The van der Waals surface area contributed by atoms with Gasteiger partial charge in [0.15, 0.2) is 5.82 Å². The van der Waals surface area contributed by atoms with Crippen molar-refractivity contribution in [1.29, 1.82) is 0 Å². The molecule has 3 rings (SSSR count). The van der Waals surface area contributed by atoms with E-state index in [0.29, 0.717) is 22.2 Å². The Morgan fingerprint density at radius 1 is 1.40 bits per heavy atom. The van der Waals surface area contributed by atoms with Crippen molar-refractivity contribution in [3.63, 3.8) is 0 Å². The molecule has 0 bridgehead atoms. The smallest absolute Gasteiger partial charge is 0.270 e. The van der Waals surface area contributed by atoms with Gasteiger partial charge in [-0.1, -0.05) is 17.3 Å². The summed E-state index contributed by atoms with van der Waals surface area (Å²) in [6, 6.07) is 9.40. The number of fused-ring (bicyclic) bond motifs is 1. The number of carbonyl (C=O) groups excluding carboxylic acids is 1. The summed E-state index contributed by atoms with van der Waals surface area (Å²) in [4.78, 5) is 12.8. The highest BCUT2D eigenvalue weighted by Gasteiger charge is 2.20. The number of rotatable bonds is 3. The van der Waals surface area contributed by atoms with Crippen molar-refractivity contribution in [3.05, 3.63) is 41.0 Å². The molecule has 0 aliphatic heterocycles. The number of anilines is 1. The Morgan fingerprint density at radius 3 is 2.90 bits per heavy atom. The van der Waals surface area contributed by atoms with Crippen LogP contribution in [0.3, 0.4) is 0 Å². The molecule has 20 heavy (non-hydrogen) atoms. The molecular formula is C14H12N2O3S. The van der Waals surface area contributed by atoms with E-state index in [0.717, 1.165) is 10.1 Å². The van der Waals surface area contributed by atoms with Crippen molar-refractivity contribution in [2.45, 2.75) is 6.92 Å². The van der Waals surface area contributed by atoms with Crippen LogP contribution in [0.5, 0.6) is 5.75 Å². The van der Waals surface area contributed by atoms with Crippen molar-refractivity contribution in [3.8, 4) is 5.75 Å². The number of carbonyl (C=O) groups is 1. The normalized spacial score (nSPS) is 10.7. The first kappa shape index (κ1) is 12.7. The van der Waals surface area contributed by atoms with Crippen LogP contribution in [0.25, 0.3) is 10.1 Å². The van der Waals surface area contributed by atoms with Crippen molar-refractivity contribution < 1.29 is 14.1 Å². The lowest BCUT2D eigenvalue weighted by Gasteiger charge is -2.02. The van der Waals surface area contributed by atoms with Crippen LogP contribution in [-0.2, 0) is 0 Å². The molecule has 0 saturated heterocycles. The fraction of sp³-hybridized carbons (Fsp3) is 0.143. The van der Waals surface area contributed by atoms with Gasteiger partial charge in [0.2, 0.25) is 0 Å². The number of nitrogens with one attached hydrogen (secondary N) is 1. The summed E-state index contributed by atoms with van der Waals surface area (Å²) in [5.41, 5.74) is 0. The molecule has 1 aromatic carbocycles.